The summed E-state index contributed by atoms with van der Waals surface area (Å²) in [5.74, 6) is 0. The second kappa shape index (κ2) is 8.31. The van der Waals surface area contributed by atoms with Crippen molar-refractivity contribution in [2.75, 3.05) is 11.9 Å². The number of rotatable bonds is 6. The first-order valence-electron chi connectivity index (χ1n) is 8.44. The summed E-state index contributed by atoms with van der Waals surface area (Å²) < 4.78 is 5.37. The van der Waals surface area contributed by atoms with E-state index >= 15 is 0 Å². The molecule has 0 aliphatic rings. The summed E-state index contributed by atoms with van der Waals surface area (Å²) in [6.45, 7) is 3.78. The molecule has 0 aliphatic carbocycles. The second-order valence-electron chi connectivity index (χ2n) is 5.82. The van der Waals surface area contributed by atoms with Gasteiger partial charge >= 0.3 is 6.03 Å². The van der Waals surface area contributed by atoms with E-state index in [1.54, 1.807) is 0 Å². The van der Waals surface area contributed by atoms with Gasteiger partial charge in [0.25, 0.3) is 0 Å². The quantitative estimate of drug-likeness (QED) is 0.686. The van der Waals surface area contributed by atoms with Gasteiger partial charge in [0.15, 0.2) is 0 Å². The van der Waals surface area contributed by atoms with Gasteiger partial charge in [-0.25, -0.2) is 4.79 Å². The molecule has 0 aliphatic heterocycles. The van der Waals surface area contributed by atoms with Gasteiger partial charge in [-0.15, -0.1) is 0 Å². The summed E-state index contributed by atoms with van der Waals surface area (Å²) in [6.07, 6.45) is 0. The zero-order chi connectivity index (χ0) is 17.5. The molecule has 3 aromatic carbocycles. The monoisotopic (exact) mass is 334 g/mol. The lowest BCUT2D eigenvalue weighted by molar-refractivity contribution is 0.134. The number of benzene rings is 3. The highest BCUT2D eigenvalue weighted by Crippen LogP contribution is 2.18. The standard InChI is InChI=1S/C21H22N2O2/c1-2-25-15-17-9-7-16(8-10-17)14-22-21(24)23-20-12-11-18-5-3-4-6-19(18)13-20/h3-13H,2,14-15H2,1H3,(H2,22,23,24). The van der Waals surface area contributed by atoms with Gasteiger partial charge < -0.3 is 15.4 Å². The van der Waals surface area contributed by atoms with Crippen LogP contribution in [-0.2, 0) is 17.9 Å². The highest BCUT2D eigenvalue weighted by Gasteiger charge is 2.03. The molecule has 0 heterocycles. The number of amides is 2. The van der Waals surface area contributed by atoms with Crippen molar-refractivity contribution in [2.45, 2.75) is 20.1 Å². The molecule has 128 valence electrons. The predicted octanol–water partition coefficient (Wildman–Crippen LogP) is 4.70. The van der Waals surface area contributed by atoms with Crippen molar-refractivity contribution in [1.82, 2.24) is 5.32 Å². The highest BCUT2D eigenvalue weighted by molar-refractivity contribution is 5.93. The number of carbonyl (C=O) groups is 1. The molecule has 25 heavy (non-hydrogen) atoms. The number of fused-ring (bicyclic) bond motifs is 1. The van der Waals surface area contributed by atoms with Crippen molar-refractivity contribution in [3.8, 4) is 0 Å². The van der Waals surface area contributed by atoms with E-state index in [-0.39, 0.29) is 6.03 Å². The maximum atomic E-state index is 12.1. The van der Waals surface area contributed by atoms with Crippen molar-refractivity contribution in [3.05, 3.63) is 77.9 Å². The molecule has 0 atom stereocenters. The molecule has 0 aromatic heterocycles. The smallest absolute Gasteiger partial charge is 0.319 e. The van der Waals surface area contributed by atoms with Gasteiger partial charge in [0.1, 0.15) is 0 Å². The normalized spacial score (nSPS) is 10.6. The number of hydrogen-bond donors (Lipinski definition) is 2. The molecule has 2 amide bonds. The molecule has 0 saturated carbocycles. The maximum absolute atomic E-state index is 12.1. The van der Waals surface area contributed by atoms with Crippen molar-refractivity contribution in [1.29, 1.82) is 0 Å². The van der Waals surface area contributed by atoms with Gasteiger partial charge in [0.2, 0.25) is 0 Å². The number of anilines is 1. The van der Waals surface area contributed by atoms with Crippen molar-refractivity contribution >= 4 is 22.5 Å². The average Bonchev–Trinajstić information content (AvgIpc) is 2.65. The van der Waals surface area contributed by atoms with Crippen LogP contribution in [0.15, 0.2) is 66.7 Å². The topological polar surface area (TPSA) is 50.4 Å². The zero-order valence-electron chi connectivity index (χ0n) is 14.3. The molecule has 4 heteroatoms. The maximum Gasteiger partial charge on any atom is 0.319 e. The molecule has 0 spiro atoms. The zero-order valence-corrected chi connectivity index (χ0v) is 14.3. The van der Waals surface area contributed by atoms with Gasteiger partial charge in [-0.3, -0.25) is 0 Å². The van der Waals surface area contributed by atoms with E-state index < -0.39 is 0 Å². The van der Waals surface area contributed by atoms with Crippen LogP contribution < -0.4 is 10.6 Å². The van der Waals surface area contributed by atoms with Gasteiger partial charge in [0, 0.05) is 18.8 Å². The Morgan fingerprint density at radius 3 is 2.40 bits per heavy atom. The molecule has 0 saturated heterocycles. The number of carbonyl (C=O) groups excluding carboxylic acids is 1. The van der Waals surface area contributed by atoms with Crippen LogP contribution in [0.1, 0.15) is 18.1 Å². The van der Waals surface area contributed by atoms with Gasteiger partial charge in [0.05, 0.1) is 6.61 Å². The lowest BCUT2D eigenvalue weighted by Crippen LogP contribution is -2.28. The van der Waals surface area contributed by atoms with Crippen LogP contribution in [0.5, 0.6) is 0 Å². The van der Waals surface area contributed by atoms with E-state index in [1.165, 1.54) is 0 Å². The summed E-state index contributed by atoms with van der Waals surface area (Å²) in [6, 6.07) is 21.8. The van der Waals surface area contributed by atoms with E-state index in [0.717, 1.165) is 27.6 Å². The van der Waals surface area contributed by atoms with Gasteiger partial charge in [-0.05, 0) is 41.0 Å². The predicted molar refractivity (Wildman–Crippen MR) is 102 cm³/mol. The van der Waals surface area contributed by atoms with Crippen molar-refractivity contribution < 1.29 is 9.53 Å². The lowest BCUT2D eigenvalue weighted by atomic mass is 10.1. The number of nitrogens with one attached hydrogen (secondary N) is 2. The molecule has 0 fully saturated rings. The first-order chi connectivity index (χ1) is 12.2. The number of ether oxygens (including phenoxy) is 1. The van der Waals surface area contributed by atoms with Crippen LogP contribution in [0.3, 0.4) is 0 Å². The Morgan fingerprint density at radius 1 is 0.920 bits per heavy atom. The molecular weight excluding hydrogens is 312 g/mol. The third kappa shape index (κ3) is 4.81. The number of urea groups is 1. The third-order valence-corrected chi connectivity index (χ3v) is 3.96. The summed E-state index contributed by atoms with van der Waals surface area (Å²) in [4.78, 5) is 12.1. The van der Waals surface area contributed by atoms with Crippen LogP contribution >= 0.6 is 0 Å². The average molecular weight is 334 g/mol. The van der Waals surface area contributed by atoms with E-state index in [0.29, 0.717) is 19.8 Å². The van der Waals surface area contributed by atoms with Crippen LogP contribution in [0.2, 0.25) is 0 Å². The lowest BCUT2D eigenvalue weighted by Gasteiger charge is -2.09. The third-order valence-electron chi connectivity index (χ3n) is 3.96. The van der Waals surface area contributed by atoms with Crippen LogP contribution in [-0.4, -0.2) is 12.6 Å². The molecule has 2 N–H and O–H groups in total. The minimum atomic E-state index is -0.214. The van der Waals surface area contributed by atoms with Gasteiger partial charge in [-0.2, -0.15) is 0 Å². The van der Waals surface area contributed by atoms with Gasteiger partial charge in [-0.1, -0.05) is 54.6 Å². The molecular formula is C21H22N2O2. The van der Waals surface area contributed by atoms with Crippen LogP contribution in [0, 0.1) is 0 Å². The fourth-order valence-corrected chi connectivity index (χ4v) is 2.60. The Bertz CT molecular complexity index is 844. The van der Waals surface area contributed by atoms with Crippen molar-refractivity contribution in [3.63, 3.8) is 0 Å². The van der Waals surface area contributed by atoms with E-state index in [4.69, 9.17) is 4.74 Å². The van der Waals surface area contributed by atoms with Crippen LogP contribution in [0.4, 0.5) is 10.5 Å². The van der Waals surface area contributed by atoms with E-state index in [2.05, 4.69) is 10.6 Å². The molecule has 3 aromatic rings. The summed E-state index contributed by atoms with van der Waals surface area (Å²) in [5.41, 5.74) is 2.96. The minimum absolute atomic E-state index is 0.214. The Morgan fingerprint density at radius 2 is 1.64 bits per heavy atom. The molecule has 0 bridgehead atoms. The minimum Gasteiger partial charge on any atom is -0.377 e. The Balaban J connectivity index is 1.53. The molecule has 0 unspecified atom stereocenters. The van der Waals surface area contributed by atoms with E-state index in [1.807, 2.05) is 73.7 Å². The Hall–Kier alpha value is -2.85. The molecule has 3 rings (SSSR count). The summed E-state index contributed by atoms with van der Waals surface area (Å²) in [7, 11) is 0. The Kier molecular flexibility index (Phi) is 5.65. The van der Waals surface area contributed by atoms with Crippen molar-refractivity contribution in [2.24, 2.45) is 0 Å². The summed E-state index contributed by atoms with van der Waals surface area (Å²) >= 11 is 0. The fourth-order valence-electron chi connectivity index (χ4n) is 2.60. The molecule has 4 nitrogen and oxygen atoms in total. The fraction of sp³-hybridized carbons (Fsp3) is 0.190. The Labute approximate surface area is 147 Å². The first kappa shape index (κ1) is 17.0. The second-order valence-corrected chi connectivity index (χ2v) is 5.82. The largest absolute Gasteiger partial charge is 0.377 e. The summed E-state index contributed by atoms with van der Waals surface area (Å²) in [5, 5.41) is 8.01. The first-order valence-corrected chi connectivity index (χ1v) is 8.44. The SMILES string of the molecule is CCOCc1ccc(CNC(=O)Nc2ccc3ccccc3c2)cc1. The number of hydrogen-bond acceptors (Lipinski definition) is 2. The highest BCUT2D eigenvalue weighted by atomic mass is 16.5. The van der Waals surface area contributed by atoms with E-state index in [9.17, 15) is 4.79 Å². The van der Waals surface area contributed by atoms with Crippen LogP contribution in [0.25, 0.3) is 10.8 Å². The molecule has 0 radical (unpaired) electrons.